The van der Waals surface area contributed by atoms with E-state index in [-0.39, 0.29) is 10.8 Å². The van der Waals surface area contributed by atoms with Crippen LogP contribution in [0.2, 0.25) is 0 Å². The second-order valence-electron chi connectivity index (χ2n) is 35.9. The van der Waals surface area contributed by atoms with Crippen LogP contribution in [-0.4, -0.2) is 8.75 Å². The van der Waals surface area contributed by atoms with Crippen molar-refractivity contribution in [1.29, 1.82) is 0 Å². The molecule has 2 nitrogen and oxygen atoms in total. The third-order valence-corrected chi connectivity index (χ3v) is 38.0. The maximum atomic E-state index is 5.22. The molecule has 0 unspecified atom stereocenters. The Morgan fingerprint density at radius 1 is 0.211 bits per heavy atom. The molecule has 2 aliphatic rings. The Bertz CT molecular complexity index is 5360. The van der Waals surface area contributed by atoms with E-state index in [1.165, 1.54) is 388 Å². The highest BCUT2D eigenvalue weighted by molar-refractivity contribution is 7.30. The van der Waals surface area contributed by atoms with E-state index in [0.717, 1.165) is 36.7 Å². The maximum Gasteiger partial charge on any atom is 0.114 e. The van der Waals surface area contributed by atoms with Crippen LogP contribution < -0.4 is 0 Å². The van der Waals surface area contributed by atoms with Gasteiger partial charge in [0.2, 0.25) is 0 Å². The van der Waals surface area contributed by atoms with Crippen LogP contribution in [0, 0.1) is 0 Å². The van der Waals surface area contributed by atoms with Crippen molar-refractivity contribution >= 4 is 113 Å². The first-order valence-corrected chi connectivity index (χ1v) is 55.6. The summed E-state index contributed by atoms with van der Waals surface area (Å²) in [5.74, 6) is 0. The van der Waals surface area contributed by atoms with Crippen LogP contribution in [0.4, 0.5) is 0 Å². The summed E-state index contributed by atoms with van der Waals surface area (Å²) >= 11 is 17.4. The second-order valence-corrected chi connectivity index (χ2v) is 45.0. The number of hydrogen-bond donors (Lipinski definition) is 0. The van der Waals surface area contributed by atoms with Gasteiger partial charge in [0.25, 0.3) is 0 Å². The van der Waals surface area contributed by atoms with Crippen molar-refractivity contribution in [2.45, 2.75) is 323 Å². The molecule has 123 heavy (non-hydrogen) atoms. The van der Waals surface area contributed by atoms with Gasteiger partial charge < -0.3 is 0 Å². The average molecular weight is 1790 g/mol. The monoisotopic (exact) mass is 1790 g/mol. The normalized spacial score (nSPS) is 13.2. The van der Waals surface area contributed by atoms with Gasteiger partial charge in [0.1, 0.15) is 11.0 Å². The van der Waals surface area contributed by atoms with Crippen LogP contribution in [0.3, 0.4) is 0 Å². The van der Waals surface area contributed by atoms with Gasteiger partial charge >= 0.3 is 0 Å². The minimum Gasteiger partial charge on any atom is -0.172 e. The highest BCUT2D eigenvalue weighted by atomic mass is 32.1. The van der Waals surface area contributed by atoms with Crippen molar-refractivity contribution < 1.29 is 0 Å². The molecular formula is C112H132N2S9. The lowest BCUT2D eigenvalue weighted by Gasteiger charge is -2.33. The Hall–Kier alpha value is -6.48. The number of rotatable bonds is 50. The SMILES string of the molecule is CCCCCCc1cc(-c2ccc3c(c2)-c2ccccc2C3(CCCCCC)CCCCCC)sc1-c1ccc(-c2ccc(-c3sc(-c4ccc(-c5cc(CCCCCC)c(-c6ccc(-c7ccc(-c8sc(-c9ccc%10c(c9)-c9ccccc9C%10(CCCCCC)CCCCCC)cc8CCCCCC)s7)s6)s5)c5nsnc45)cc3CCCCCC)s2)s1. The first kappa shape index (κ1) is 89.9. The summed E-state index contributed by atoms with van der Waals surface area (Å²) in [4.78, 5) is 22.2. The fraction of sp³-hybridized carbons (Fsp3) is 0.446. The van der Waals surface area contributed by atoms with Gasteiger partial charge in [-0.05, 0) is 240 Å². The van der Waals surface area contributed by atoms with E-state index in [2.05, 4.69) is 225 Å². The lowest BCUT2D eigenvalue weighted by atomic mass is 9.70. The molecule has 14 aromatic rings. The Labute approximate surface area is 775 Å². The second kappa shape index (κ2) is 43.5. The summed E-state index contributed by atoms with van der Waals surface area (Å²) in [5, 5.41) is 0. The van der Waals surface area contributed by atoms with Crippen molar-refractivity contribution in [3.63, 3.8) is 0 Å². The van der Waals surface area contributed by atoms with Crippen molar-refractivity contribution in [3.8, 4) is 123 Å². The molecule has 9 heterocycles. The molecule has 0 atom stereocenters. The zero-order valence-electron chi connectivity index (χ0n) is 75.0. The molecule has 11 heteroatoms. The molecule has 0 aliphatic heterocycles. The maximum absolute atomic E-state index is 5.22. The summed E-state index contributed by atoms with van der Waals surface area (Å²) in [5.41, 5.74) is 25.7. The van der Waals surface area contributed by atoms with Crippen LogP contribution in [-0.2, 0) is 36.5 Å². The van der Waals surface area contributed by atoms with Crippen molar-refractivity contribution in [2.75, 3.05) is 0 Å². The van der Waals surface area contributed by atoms with Crippen molar-refractivity contribution in [1.82, 2.24) is 8.75 Å². The van der Waals surface area contributed by atoms with Gasteiger partial charge in [-0.1, -0.05) is 320 Å². The molecule has 0 amide bonds. The van der Waals surface area contributed by atoms with Crippen LogP contribution in [0.25, 0.3) is 134 Å². The molecule has 0 saturated heterocycles. The largest absolute Gasteiger partial charge is 0.172 e. The first-order valence-electron chi connectivity index (χ1n) is 48.3. The summed E-state index contributed by atoms with van der Waals surface area (Å²) in [6, 6.07) is 69.0. The zero-order valence-corrected chi connectivity index (χ0v) is 82.4. The Balaban J connectivity index is 0.667. The van der Waals surface area contributed by atoms with Gasteiger partial charge in [-0.3, -0.25) is 0 Å². The lowest BCUT2D eigenvalue weighted by molar-refractivity contribution is 0.401. The van der Waals surface area contributed by atoms with E-state index in [0.29, 0.717) is 0 Å². The molecule has 0 N–H and O–H groups in total. The molecule has 5 aromatic carbocycles. The molecule has 644 valence electrons. The molecule has 2 aliphatic carbocycles. The summed E-state index contributed by atoms with van der Waals surface area (Å²) < 4.78 is 10.4. The smallest absolute Gasteiger partial charge is 0.114 e. The number of aryl methyl sites for hydroxylation is 4. The van der Waals surface area contributed by atoms with Gasteiger partial charge in [-0.25, -0.2) is 0 Å². The first-order chi connectivity index (χ1) is 60.6. The van der Waals surface area contributed by atoms with Crippen molar-refractivity contribution in [3.05, 3.63) is 214 Å². The summed E-state index contributed by atoms with van der Waals surface area (Å²) in [6.45, 7) is 18.7. The third-order valence-electron chi connectivity index (χ3n) is 27.1. The number of hydrogen-bond acceptors (Lipinski definition) is 11. The Morgan fingerprint density at radius 2 is 0.480 bits per heavy atom. The van der Waals surface area contributed by atoms with Crippen LogP contribution >= 0.6 is 102 Å². The fourth-order valence-electron chi connectivity index (χ4n) is 20.4. The molecule has 0 spiro atoms. The molecule has 0 saturated carbocycles. The fourth-order valence-corrected chi connectivity index (χ4v) is 30.7. The van der Waals surface area contributed by atoms with Gasteiger partial charge in [0.05, 0.1) is 11.7 Å². The van der Waals surface area contributed by atoms with E-state index < -0.39 is 0 Å². The highest BCUT2D eigenvalue weighted by Gasteiger charge is 2.44. The van der Waals surface area contributed by atoms with E-state index in [4.69, 9.17) is 8.75 Å². The number of thiophene rings is 8. The van der Waals surface area contributed by atoms with Gasteiger partial charge in [-0.15, -0.1) is 90.7 Å². The van der Waals surface area contributed by atoms with Crippen LogP contribution in [0.5, 0.6) is 0 Å². The van der Waals surface area contributed by atoms with Crippen LogP contribution in [0.15, 0.2) is 170 Å². The highest BCUT2D eigenvalue weighted by Crippen LogP contribution is 2.59. The summed E-state index contributed by atoms with van der Waals surface area (Å²) in [7, 11) is 0. The quantitative estimate of drug-likeness (QED) is 0.0355. The van der Waals surface area contributed by atoms with Crippen molar-refractivity contribution in [2.24, 2.45) is 0 Å². The Morgan fingerprint density at radius 3 is 0.789 bits per heavy atom. The van der Waals surface area contributed by atoms with E-state index in [9.17, 15) is 0 Å². The molecular weight excluding hydrogens is 1660 g/mol. The average Bonchev–Trinajstić information content (AvgIpc) is 1.57. The predicted octanol–water partition coefficient (Wildman–Crippen LogP) is 39.8. The van der Waals surface area contributed by atoms with Gasteiger partial charge in [0.15, 0.2) is 0 Å². The van der Waals surface area contributed by atoms with E-state index >= 15 is 0 Å². The minimum atomic E-state index is 0.101. The lowest BCUT2D eigenvalue weighted by Crippen LogP contribution is -2.25. The summed E-state index contributed by atoms with van der Waals surface area (Å²) in [6.07, 6.45) is 50.3. The van der Waals surface area contributed by atoms with Gasteiger partial charge in [-0.2, -0.15) is 8.75 Å². The molecule has 9 aromatic heterocycles. The van der Waals surface area contributed by atoms with Crippen LogP contribution in [0.1, 0.15) is 331 Å². The zero-order chi connectivity index (χ0) is 84.5. The third kappa shape index (κ3) is 20.0. The van der Waals surface area contributed by atoms with E-state index in [1.54, 1.807) is 22.3 Å². The predicted molar refractivity (Wildman–Crippen MR) is 554 cm³/mol. The molecule has 16 rings (SSSR count). The van der Waals surface area contributed by atoms with E-state index in [1.807, 2.05) is 90.7 Å². The number of fused-ring (bicyclic) bond motifs is 7. The molecule has 0 radical (unpaired) electrons. The van der Waals surface area contributed by atoms with Gasteiger partial charge in [0, 0.05) is 100.0 Å². The molecule has 0 fully saturated rings. The number of unbranched alkanes of at least 4 members (excludes halogenated alkanes) is 24. The molecule has 0 bridgehead atoms. The standard InChI is InChI=1S/C112H132N2S9/c1-9-17-25-33-45-79-73-101(77-53-57-91-87(71-77)83-49-37-39-51-89(83)111(91,67-41-29-21-13-5)68-42-30-22-14-6)119-107(79)97-63-59-93(115-97)95-61-65-99(117-95)109-81(47-35-27-19-11-3)75-103(121-109)85-55-56-86(106-105(85)113-123-114-106)104-76-82(48-36-28-20-12-4)110(122-104)100-66-62-96(118-100)94-60-64-98(116-94)108-80(46-34-26-18-10-2)74-102(120-108)78-54-58-92-88(72-78)84-50-38-40-52-90(84)112(92,69-43-31-23-15-7)70-44-32-24-16-8/h37-40,49-66,71-76H,9-36,41-48,67-70H2,1-8H3. The number of benzene rings is 5. The topological polar surface area (TPSA) is 25.8 Å². The Kier molecular flexibility index (Phi) is 31.8. The minimum absolute atomic E-state index is 0.101. The number of aromatic nitrogens is 2. The number of nitrogens with zero attached hydrogens (tertiary/aromatic N) is 2.